The predicted octanol–water partition coefficient (Wildman–Crippen LogP) is 3.96. The maximum atomic E-state index is 5.69. The van der Waals surface area contributed by atoms with Crippen molar-refractivity contribution in [2.24, 2.45) is 0 Å². The predicted molar refractivity (Wildman–Crippen MR) is 109 cm³/mol. The first-order valence-corrected chi connectivity index (χ1v) is 9.44. The van der Waals surface area contributed by atoms with Gasteiger partial charge in [-0.15, -0.1) is 0 Å². The second kappa shape index (κ2) is 8.90. The summed E-state index contributed by atoms with van der Waals surface area (Å²) in [4.78, 5) is 2.28. The van der Waals surface area contributed by atoms with Crippen molar-refractivity contribution in [1.29, 1.82) is 0 Å². The van der Waals surface area contributed by atoms with Crippen molar-refractivity contribution in [3.63, 3.8) is 0 Å². The zero-order chi connectivity index (χ0) is 18.4. The number of methoxy groups -OCH3 is 2. The average Bonchev–Trinajstić information content (AvgIpc) is 3.18. The zero-order valence-corrected chi connectivity index (χ0v) is 16.2. The number of likely N-dealkylation sites (tertiary alicyclic amines) is 1. The Bertz CT molecular complexity index is 736. The Morgan fingerprint density at radius 2 is 1.96 bits per heavy atom. The Hall–Kier alpha value is -2.27. The third-order valence-corrected chi connectivity index (χ3v) is 5.22. The van der Waals surface area contributed by atoms with E-state index in [4.69, 9.17) is 21.7 Å². The van der Waals surface area contributed by atoms with E-state index in [9.17, 15) is 0 Å². The molecule has 2 aromatic rings. The highest BCUT2D eigenvalue weighted by Crippen LogP contribution is 2.38. The van der Waals surface area contributed by atoms with Gasteiger partial charge in [-0.1, -0.05) is 30.3 Å². The zero-order valence-electron chi connectivity index (χ0n) is 15.4. The number of hydrogen-bond acceptors (Lipinski definition) is 3. The molecule has 26 heavy (non-hydrogen) atoms. The Balaban J connectivity index is 1.67. The third kappa shape index (κ3) is 4.28. The van der Waals surface area contributed by atoms with Crippen LogP contribution in [-0.4, -0.2) is 37.3 Å². The molecule has 5 heteroatoms. The van der Waals surface area contributed by atoms with Crippen LogP contribution in [0, 0.1) is 0 Å². The van der Waals surface area contributed by atoms with Gasteiger partial charge in [-0.25, -0.2) is 0 Å². The molecule has 0 unspecified atom stereocenters. The van der Waals surface area contributed by atoms with Crippen LogP contribution in [0.25, 0.3) is 0 Å². The van der Waals surface area contributed by atoms with Gasteiger partial charge in [0.05, 0.1) is 20.3 Å². The highest BCUT2D eigenvalue weighted by Gasteiger charge is 2.30. The molecule has 138 valence electrons. The highest BCUT2D eigenvalue weighted by molar-refractivity contribution is 7.80. The summed E-state index contributed by atoms with van der Waals surface area (Å²) >= 11 is 5.69. The van der Waals surface area contributed by atoms with Gasteiger partial charge < -0.3 is 19.7 Å². The second-order valence-electron chi connectivity index (χ2n) is 6.43. The molecular weight excluding hydrogens is 344 g/mol. The van der Waals surface area contributed by atoms with Crippen molar-refractivity contribution in [3.8, 4) is 11.5 Å². The minimum absolute atomic E-state index is 0.219. The number of nitrogens with one attached hydrogen (secondary N) is 1. The van der Waals surface area contributed by atoms with E-state index in [1.807, 2.05) is 18.2 Å². The molecule has 1 aliphatic heterocycles. The van der Waals surface area contributed by atoms with Gasteiger partial charge in [-0.2, -0.15) is 0 Å². The summed E-state index contributed by atoms with van der Waals surface area (Å²) < 4.78 is 11.0. The summed E-state index contributed by atoms with van der Waals surface area (Å²) in [6.07, 6.45) is 3.14. The Kier molecular flexibility index (Phi) is 6.34. The van der Waals surface area contributed by atoms with Crippen LogP contribution >= 0.6 is 12.2 Å². The molecule has 0 amide bonds. The molecule has 2 aromatic carbocycles. The fraction of sp³-hybridized carbons (Fsp3) is 0.381. The maximum Gasteiger partial charge on any atom is 0.169 e. The molecule has 0 saturated carbocycles. The van der Waals surface area contributed by atoms with Gasteiger partial charge in [0.15, 0.2) is 5.11 Å². The molecular formula is C21H26N2O2S. The number of rotatable bonds is 6. The minimum atomic E-state index is 0.219. The lowest BCUT2D eigenvalue weighted by atomic mass is 10.0. The number of ether oxygens (including phenoxy) is 2. The van der Waals surface area contributed by atoms with Gasteiger partial charge in [-0.05, 0) is 55.2 Å². The summed E-state index contributed by atoms with van der Waals surface area (Å²) in [5.74, 6) is 1.73. The molecule has 0 radical (unpaired) electrons. The molecule has 1 saturated heterocycles. The van der Waals surface area contributed by atoms with Crippen LogP contribution in [0.4, 0.5) is 0 Å². The van der Waals surface area contributed by atoms with Crippen molar-refractivity contribution in [2.45, 2.75) is 25.3 Å². The quantitative estimate of drug-likeness (QED) is 0.779. The summed E-state index contributed by atoms with van der Waals surface area (Å²) in [5, 5.41) is 4.24. The van der Waals surface area contributed by atoms with Gasteiger partial charge in [0, 0.05) is 18.7 Å². The second-order valence-corrected chi connectivity index (χ2v) is 6.81. The van der Waals surface area contributed by atoms with Crippen LogP contribution in [0.1, 0.15) is 30.0 Å². The normalized spacial score (nSPS) is 16.4. The maximum absolute atomic E-state index is 5.69. The Morgan fingerprint density at radius 1 is 1.15 bits per heavy atom. The monoisotopic (exact) mass is 370 g/mol. The SMILES string of the molecule is COc1ccc(OC)c([C@H]2CCCN2C(=S)NCCc2ccccc2)c1. The fourth-order valence-electron chi connectivity index (χ4n) is 3.49. The molecule has 4 nitrogen and oxygen atoms in total. The fourth-order valence-corrected chi connectivity index (χ4v) is 3.81. The standard InChI is InChI=1S/C21H26N2O2S/c1-24-17-10-11-20(25-2)18(15-17)19-9-6-14-23(19)21(26)22-13-12-16-7-4-3-5-8-16/h3-5,7-8,10-11,15,19H,6,9,12-14H2,1-2H3,(H,22,26)/t19-/m1/s1. The van der Waals surface area contributed by atoms with Gasteiger partial charge >= 0.3 is 0 Å². The molecule has 1 N–H and O–H groups in total. The third-order valence-electron chi connectivity index (χ3n) is 4.84. The summed E-state index contributed by atoms with van der Waals surface area (Å²) in [5.41, 5.74) is 2.45. The van der Waals surface area contributed by atoms with E-state index in [0.29, 0.717) is 0 Å². The van der Waals surface area contributed by atoms with Crippen molar-refractivity contribution in [3.05, 3.63) is 59.7 Å². The highest BCUT2D eigenvalue weighted by atomic mass is 32.1. The molecule has 0 bridgehead atoms. The number of benzene rings is 2. The van der Waals surface area contributed by atoms with E-state index in [2.05, 4.69) is 40.5 Å². The number of nitrogens with zero attached hydrogens (tertiary/aromatic N) is 1. The molecule has 1 atom stereocenters. The average molecular weight is 371 g/mol. The van der Waals surface area contributed by atoms with Gasteiger partial charge in [-0.3, -0.25) is 0 Å². The van der Waals surface area contributed by atoms with Crippen molar-refractivity contribution in [2.75, 3.05) is 27.3 Å². The van der Waals surface area contributed by atoms with Crippen molar-refractivity contribution < 1.29 is 9.47 Å². The smallest absolute Gasteiger partial charge is 0.169 e. The number of hydrogen-bond donors (Lipinski definition) is 1. The molecule has 1 aliphatic rings. The van der Waals surface area contributed by atoms with E-state index in [1.54, 1.807) is 14.2 Å². The largest absolute Gasteiger partial charge is 0.497 e. The Morgan fingerprint density at radius 3 is 2.69 bits per heavy atom. The van der Waals surface area contributed by atoms with E-state index in [0.717, 1.165) is 54.5 Å². The van der Waals surface area contributed by atoms with Crippen molar-refractivity contribution in [1.82, 2.24) is 10.2 Å². The first-order valence-electron chi connectivity index (χ1n) is 9.03. The first kappa shape index (κ1) is 18.5. The van der Waals surface area contributed by atoms with E-state index in [1.165, 1.54) is 5.56 Å². The molecule has 0 spiro atoms. The molecule has 0 aliphatic carbocycles. The lowest BCUT2D eigenvalue weighted by Crippen LogP contribution is -2.40. The summed E-state index contributed by atoms with van der Waals surface area (Å²) in [7, 11) is 3.40. The van der Waals surface area contributed by atoms with Crippen LogP contribution in [0.15, 0.2) is 48.5 Å². The van der Waals surface area contributed by atoms with Gasteiger partial charge in [0.25, 0.3) is 0 Å². The van der Waals surface area contributed by atoms with Crippen LogP contribution in [0.3, 0.4) is 0 Å². The van der Waals surface area contributed by atoms with Crippen LogP contribution in [0.2, 0.25) is 0 Å². The Labute approximate surface area is 161 Å². The molecule has 0 aromatic heterocycles. The first-order chi connectivity index (χ1) is 12.7. The van der Waals surface area contributed by atoms with Gasteiger partial charge in [0.1, 0.15) is 11.5 Å². The van der Waals surface area contributed by atoms with Crippen LogP contribution < -0.4 is 14.8 Å². The van der Waals surface area contributed by atoms with Crippen molar-refractivity contribution >= 4 is 17.3 Å². The van der Waals surface area contributed by atoms with E-state index >= 15 is 0 Å². The topological polar surface area (TPSA) is 33.7 Å². The lowest BCUT2D eigenvalue weighted by molar-refractivity contribution is 0.357. The lowest BCUT2D eigenvalue weighted by Gasteiger charge is -2.29. The molecule has 3 rings (SSSR count). The summed E-state index contributed by atoms with van der Waals surface area (Å²) in [6.45, 7) is 1.80. The number of thiocarbonyl (C=S) groups is 1. The van der Waals surface area contributed by atoms with Crippen LogP contribution in [0.5, 0.6) is 11.5 Å². The molecule has 1 heterocycles. The van der Waals surface area contributed by atoms with E-state index in [-0.39, 0.29) is 6.04 Å². The van der Waals surface area contributed by atoms with Gasteiger partial charge in [0.2, 0.25) is 0 Å². The van der Waals surface area contributed by atoms with Crippen LogP contribution in [-0.2, 0) is 6.42 Å². The van der Waals surface area contributed by atoms with E-state index < -0.39 is 0 Å². The summed E-state index contributed by atoms with van der Waals surface area (Å²) in [6, 6.07) is 16.6. The molecule has 1 fully saturated rings. The minimum Gasteiger partial charge on any atom is -0.497 e.